The predicted molar refractivity (Wildman–Crippen MR) is 76.3 cm³/mol. The van der Waals surface area contributed by atoms with Gasteiger partial charge in [0.05, 0.1) is 5.56 Å². The Balaban J connectivity index is 1.75. The standard InChI is InChI=1S/C17H16O3/c1-12-9-16(18)15-8-7-14(10-17(15)20-12)19-11-13-5-3-2-4-6-13/h2-8,10,12H,9,11H2,1H3. The molecule has 0 aromatic heterocycles. The van der Waals surface area contributed by atoms with Crippen molar-refractivity contribution in [1.82, 2.24) is 0 Å². The zero-order valence-electron chi connectivity index (χ0n) is 11.3. The van der Waals surface area contributed by atoms with Crippen molar-refractivity contribution in [3.05, 3.63) is 59.7 Å². The molecule has 0 radical (unpaired) electrons. The van der Waals surface area contributed by atoms with Crippen LogP contribution in [0.5, 0.6) is 11.5 Å². The van der Waals surface area contributed by atoms with Crippen LogP contribution in [0.25, 0.3) is 0 Å². The normalized spacial score (nSPS) is 17.2. The quantitative estimate of drug-likeness (QED) is 0.853. The number of rotatable bonds is 3. The van der Waals surface area contributed by atoms with E-state index < -0.39 is 0 Å². The molecule has 102 valence electrons. The summed E-state index contributed by atoms with van der Waals surface area (Å²) in [6, 6.07) is 15.4. The lowest BCUT2D eigenvalue weighted by atomic mass is 10.0. The van der Waals surface area contributed by atoms with Crippen molar-refractivity contribution in [3.63, 3.8) is 0 Å². The molecule has 0 fully saturated rings. The van der Waals surface area contributed by atoms with E-state index in [-0.39, 0.29) is 11.9 Å². The maximum Gasteiger partial charge on any atom is 0.170 e. The summed E-state index contributed by atoms with van der Waals surface area (Å²) in [5.74, 6) is 1.47. The summed E-state index contributed by atoms with van der Waals surface area (Å²) in [5.41, 5.74) is 1.76. The van der Waals surface area contributed by atoms with Gasteiger partial charge in [-0.15, -0.1) is 0 Å². The zero-order valence-corrected chi connectivity index (χ0v) is 11.3. The van der Waals surface area contributed by atoms with Gasteiger partial charge in [0.2, 0.25) is 0 Å². The summed E-state index contributed by atoms with van der Waals surface area (Å²) >= 11 is 0. The van der Waals surface area contributed by atoms with Gasteiger partial charge in [-0.05, 0) is 24.6 Å². The Morgan fingerprint density at radius 1 is 1.20 bits per heavy atom. The van der Waals surface area contributed by atoms with Gasteiger partial charge < -0.3 is 9.47 Å². The zero-order chi connectivity index (χ0) is 13.9. The van der Waals surface area contributed by atoms with Gasteiger partial charge in [0, 0.05) is 12.5 Å². The molecule has 1 heterocycles. The van der Waals surface area contributed by atoms with Crippen LogP contribution in [0.1, 0.15) is 29.3 Å². The van der Waals surface area contributed by atoms with Crippen molar-refractivity contribution < 1.29 is 14.3 Å². The second kappa shape index (κ2) is 5.37. The molecule has 3 heteroatoms. The van der Waals surface area contributed by atoms with Crippen molar-refractivity contribution in [2.24, 2.45) is 0 Å². The van der Waals surface area contributed by atoms with Crippen LogP contribution in [0.2, 0.25) is 0 Å². The number of hydrogen-bond acceptors (Lipinski definition) is 3. The number of carbonyl (C=O) groups is 1. The van der Waals surface area contributed by atoms with Crippen molar-refractivity contribution in [1.29, 1.82) is 0 Å². The summed E-state index contributed by atoms with van der Waals surface area (Å²) in [6.45, 7) is 2.40. The monoisotopic (exact) mass is 268 g/mol. The largest absolute Gasteiger partial charge is 0.489 e. The van der Waals surface area contributed by atoms with Crippen molar-refractivity contribution >= 4 is 5.78 Å². The molecule has 1 unspecified atom stereocenters. The highest BCUT2D eigenvalue weighted by Gasteiger charge is 2.23. The van der Waals surface area contributed by atoms with Gasteiger partial charge in [-0.25, -0.2) is 0 Å². The molecule has 0 aliphatic carbocycles. The Hall–Kier alpha value is -2.29. The van der Waals surface area contributed by atoms with Crippen molar-refractivity contribution in [3.8, 4) is 11.5 Å². The number of Topliss-reactive ketones (excluding diaryl/α,β-unsaturated/α-hetero) is 1. The summed E-state index contributed by atoms with van der Waals surface area (Å²) in [7, 11) is 0. The minimum Gasteiger partial charge on any atom is -0.489 e. The van der Waals surface area contributed by atoms with E-state index in [1.54, 1.807) is 12.1 Å². The van der Waals surface area contributed by atoms with Gasteiger partial charge >= 0.3 is 0 Å². The van der Waals surface area contributed by atoms with E-state index in [4.69, 9.17) is 9.47 Å². The molecule has 1 aliphatic rings. The van der Waals surface area contributed by atoms with Crippen LogP contribution in [0.15, 0.2) is 48.5 Å². The average Bonchev–Trinajstić information content (AvgIpc) is 2.45. The third-order valence-electron chi connectivity index (χ3n) is 3.30. The second-order valence-electron chi connectivity index (χ2n) is 4.99. The van der Waals surface area contributed by atoms with Crippen LogP contribution in [0.3, 0.4) is 0 Å². The second-order valence-corrected chi connectivity index (χ2v) is 4.99. The molecule has 0 bridgehead atoms. The number of ketones is 1. The molecular formula is C17H16O3. The lowest BCUT2D eigenvalue weighted by Gasteiger charge is -2.22. The first kappa shape index (κ1) is 12.7. The van der Waals surface area contributed by atoms with Crippen LogP contribution in [-0.2, 0) is 6.61 Å². The minimum atomic E-state index is -0.0700. The molecule has 1 atom stereocenters. The van der Waals surface area contributed by atoms with Crippen molar-refractivity contribution in [2.45, 2.75) is 26.1 Å². The highest BCUT2D eigenvalue weighted by molar-refractivity contribution is 6.00. The topological polar surface area (TPSA) is 35.5 Å². The van der Waals surface area contributed by atoms with E-state index in [1.807, 2.05) is 43.3 Å². The molecular weight excluding hydrogens is 252 g/mol. The average molecular weight is 268 g/mol. The Bertz CT molecular complexity index is 619. The van der Waals surface area contributed by atoms with Gasteiger partial charge in [0.15, 0.2) is 5.78 Å². The molecule has 3 nitrogen and oxygen atoms in total. The molecule has 0 spiro atoms. The Morgan fingerprint density at radius 2 is 2.00 bits per heavy atom. The van der Waals surface area contributed by atoms with E-state index in [1.165, 1.54) is 0 Å². The highest BCUT2D eigenvalue weighted by Crippen LogP contribution is 2.31. The first-order valence-electron chi connectivity index (χ1n) is 6.73. The van der Waals surface area contributed by atoms with Gasteiger partial charge in [0.25, 0.3) is 0 Å². The van der Waals surface area contributed by atoms with Crippen molar-refractivity contribution in [2.75, 3.05) is 0 Å². The first-order valence-corrected chi connectivity index (χ1v) is 6.73. The Morgan fingerprint density at radius 3 is 2.80 bits per heavy atom. The summed E-state index contributed by atoms with van der Waals surface area (Å²) in [5, 5.41) is 0. The third-order valence-corrected chi connectivity index (χ3v) is 3.30. The van der Waals surface area contributed by atoms with Crippen LogP contribution < -0.4 is 9.47 Å². The molecule has 0 saturated heterocycles. The molecule has 2 aromatic carbocycles. The maximum absolute atomic E-state index is 11.9. The Kier molecular flexibility index (Phi) is 3.42. The molecule has 1 aliphatic heterocycles. The smallest absolute Gasteiger partial charge is 0.170 e. The molecule has 2 aromatic rings. The van der Waals surface area contributed by atoms with E-state index in [2.05, 4.69) is 0 Å². The number of hydrogen-bond donors (Lipinski definition) is 0. The lowest BCUT2D eigenvalue weighted by molar-refractivity contribution is 0.0870. The molecule has 0 amide bonds. The number of carbonyl (C=O) groups excluding carboxylic acids is 1. The number of ether oxygens (including phenoxy) is 2. The van der Waals surface area contributed by atoms with E-state index in [0.29, 0.717) is 24.3 Å². The van der Waals surface area contributed by atoms with Crippen LogP contribution in [0, 0.1) is 0 Å². The third kappa shape index (κ3) is 2.67. The van der Waals surface area contributed by atoms with Gasteiger partial charge in [-0.1, -0.05) is 30.3 Å². The Labute approximate surface area is 118 Å². The van der Waals surface area contributed by atoms with E-state index in [0.717, 1.165) is 11.3 Å². The predicted octanol–water partition coefficient (Wildman–Crippen LogP) is 3.62. The first-order chi connectivity index (χ1) is 9.72. The fourth-order valence-electron chi connectivity index (χ4n) is 2.29. The maximum atomic E-state index is 11.9. The summed E-state index contributed by atoms with van der Waals surface area (Å²) in [6.07, 6.45) is 0.372. The summed E-state index contributed by atoms with van der Waals surface area (Å²) in [4.78, 5) is 11.9. The van der Waals surface area contributed by atoms with Gasteiger partial charge in [0.1, 0.15) is 24.2 Å². The van der Waals surface area contributed by atoms with Gasteiger partial charge in [-0.2, -0.15) is 0 Å². The number of benzene rings is 2. The van der Waals surface area contributed by atoms with Crippen LogP contribution in [0.4, 0.5) is 0 Å². The van der Waals surface area contributed by atoms with Crippen LogP contribution >= 0.6 is 0 Å². The fourth-order valence-corrected chi connectivity index (χ4v) is 2.29. The minimum absolute atomic E-state index is 0.0700. The molecule has 20 heavy (non-hydrogen) atoms. The number of fused-ring (bicyclic) bond motifs is 1. The molecule has 0 N–H and O–H groups in total. The van der Waals surface area contributed by atoms with Gasteiger partial charge in [-0.3, -0.25) is 4.79 Å². The highest BCUT2D eigenvalue weighted by atomic mass is 16.5. The van der Waals surface area contributed by atoms with Crippen LogP contribution in [-0.4, -0.2) is 11.9 Å². The molecule has 0 saturated carbocycles. The van der Waals surface area contributed by atoms with E-state index in [9.17, 15) is 4.79 Å². The summed E-state index contributed by atoms with van der Waals surface area (Å²) < 4.78 is 11.4. The van der Waals surface area contributed by atoms with E-state index >= 15 is 0 Å². The fraction of sp³-hybridized carbons (Fsp3) is 0.235. The lowest BCUT2D eigenvalue weighted by Crippen LogP contribution is -2.23. The SMILES string of the molecule is CC1CC(=O)c2ccc(OCc3ccccc3)cc2O1. The molecule has 3 rings (SSSR count).